The summed E-state index contributed by atoms with van der Waals surface area (Å²) in [6, 6.07) is 8.65. The lowest BCUT2D eigenvalue weighted by Crippen LogP contribution is -2.45. The van der Waals surface area contributed by atoms with E-state index in [9.17, 15) is 22.4 Å². The van der Waals surface area contributed by atoms with Gasteiger partial charge in [-0.2, -0.15) is 0 Å². The Hall–Kier alpha value is -2.74. The van der Waals surface area contributed by atoms with E-state index in [2.05, 4.69) is 5.32 Å². The number of amides is 2. The first-order valence-electron chi connectivity index (χ1n) is 8.41. The van der Waals surface area contributed by atoms with Crippen molar-refractivity contribution in [2.45, 2.75) is 37.6 Å². The van der Waals surface area contributed by atoms with Gasteiger partial charge < -0.3 is 5.32 Å². The first-order valence-corrected chi connectivity index (χ1v) is 9.85. The van der Waals surface area contributed by atoms with E-state index in [1.165, 1.54) is 30.3 Å². The molecule has 0 bridgehead atoms. The first kappa shape index (κ1) is 19.0. The molecule has 2 amide bonds. The van der Waals surface area contributed by atoms with Crippen molar-refractivity contribution in [2.75, 3.05) is 5.32 Å². The van der Waals surface area contributed by atoms with Gasteiger partial charge in [-0.3, -0.25) is 9.59 Å². The predicted octanol–water partition coefficient (Wildman–Crippen LogP) is 2.76. The number of aryl methyl sites for hydroxylation is 2. The lowest BCUT2D eigenvalue weighted by molar-refractivity contribution is -0.128. The highest BCUT2D eigenvalue weighted by Gasteiger charge is 2.44. The number of benzene rings is 2. The number of anilines is 1. The Bertz CT molecular complexity index is 1020. The van der Waals surface area contributed by atoms with Crippen molar-refractivity contribution < 1.29 is 22.4 Å². The number of sulfonamides is 1. The van der Waals surface area contributed by atoms with Gasteiger partial charge in [-0.1, -0.05) is 12.1 Å². The van der Waals surface area contributed by atoms with E-state index in [1.807, 2.05) is 6.92 Å². The van der Waals surface area contributed by atoms with Crippen molar-refractivity contribution in [3.63, 3.8) is 0 Å². The molecule has 1 N–H and O–H groups in total. The van der Waals surface area contributed by atoms with Crippen LogP contribution in [0.4, 0.5) is 10.1 Å². The second kappa shape index (κ2) is 7.11. The summed E-state index contributed by atoms with van der Waals surface area (Å²) in [5, 5.41) is 2.48. The lowest BCUT2D eigenvalue weighted by Gasteiger charge is -2.24. The molecule has 1 atom stereocenters. The number of nitrogens with zero attached hydrogens (tertiary/aromatic N) is 1. The topological polar surface area (TPSA) is 83.6 Å². The highest BCUT2D eigenvalue weighted by Crippen LogP contribution is 2.29. The van der Waals surface area contributed by atoms with E-state index in [4.69, 9.17) is 0 Å². The molecule has 1 aliphatic rings. The molecule has 1 heterocycles. The third-order valence-electron chi connectivity index (χ3n) is 4.59. The summed E-state index contributed by atoms with van der Waals surface area (Å²) < 4.78 is 39.9. The molecular formula is C19H19FN2O4S. The summed E-state index contributed by atoms with van der Waals surface area (Å²) in [5.74, 6) is -1.83. The van der Waals surface area contributed by atoms with Crippen LogP contribution in [0.25, 0.3) is 0 Å². The van der Waals surface area contributed by atoms with Crippen LogP contribution in [0.15, 0.2) is 47.4 Å². The maximum Gasteiger partial charge on any atom is 0.267 e. The number of carbonyl (C=O) groups excluding carboxylic acids is 2. The van der Waals surface area contributed by atoms with Gasteiger partial charge in [-0.15, -0.1) is 0 Å². The molecule has 6 nitrogen and oxygen atoms in total. The molecule has 3 rings (SSSR count). The maximum absolute atomic E-state index is 13.3. The molecule has 0 aromatic heterocycles. The average Bonchev–Trinajstić information content (AvgIpc) is 3.00. The van der Waals surface area contributed by atoms with Crippen LogP contribution in [0, 0.1) is 19.7 Å². The molecule has 0 unspecified atom stereocenters. The summed E-state index contributed by atoms with van der Waals surface area (Å²) in [6.45, 7) is 3.62. The predicted molar refractivity (Wildman–Crippen MR) is 98.0 cm³/mol. The molecule has 142 valence electrons. The second-order valence-electron chi connectivity index (χ2n) is 6.49. The van der Waals surface area contributed by atoms with Crippen LogP contribution in [-0.2, 0) is 19.6 Å². The summed E-state index contributed by atoms with van der Waals surface area (Å²) in [4.78, 5) is 24.8. The lowest BCUT2D eigenvalue weighted by atomic mass is 10.1. The Kier molecular flexibility index (Phi) is 5.01. The molecule has 0 saturated carbocycles. The van der Waals surface area contributed by atoms with E-state index in [-0.39, 0.29) is 23.4 Å². The molecule has 0 spiro atoms. The molecule has 2 aromatic carbocycles. The molecule has 0 radical (unpaired) electrons. The maximum atomic E-state index is 13.3. The smallest absolute Gasteiger partial charge is 0.267 e. The van der Waals surface area contributed by atoms with Crippen molar-refractivity contribution >= 4 is 27.5 Å². The zero-order valence-electron chi connectivity index (χ0n) is 14.9. The van der Waals surface area contributed by atoms with Gasteiger partial charge in [0.15, 0.2) is 0 Å². The summed E-state index contributed by atoms with van der Waals surface area (Å²) >= 11 is 0. The standard InChI is InChI=1S/C19H19FN2O4S/c1-12-6-7-16(10-13(12)2)27(25,26)22-17(8-9-18(22)23)19(24)21-15-5-3-4-14(20)11-15/h3-7,10-11,17H,8-9H2,1-2H3,(H,21,24)/t17-/m0/s1. The van der Waals surface area contributed by atoms with Crippen molar-refractivity contribution in [2.24, 2.45) is 0 Å². The van der Waals surface area contributed by atoms with Gasteiger partial charge >= 0.3 is 0 Å². The van der Waals surface area contributed by atoms with Crippen molar-refractivity contribution in [3.05, 3.63) is 59.4 Å². The molecule has 2 aromatic rings. The molecular weight excluding hydrogens is 371 g/mol. The van der Waals surface area contributed by atoms with Crippen LogP contribution in [0.5, 0.6) is 0 Å². The van der Waals surface area contributed by atoms with E-state index < -0.39 is 33.7 Å². The van der Waals surface area contributed by atoms with Gasteiger partial charge in [-0.25, -0.2) is 17.1 Å². The van der Waals surface area contributed by atoms with Crippen LogP contribution in [0.2, 0.25) is 0 Å². The largest absolute Gasteiger partial charge is 0.324 e. The molecule has 0 aliphatic carbocycles. The summed E-state index contributed by atoms with van der Waals surface area (Å²) in [7, 11) is -4.17. The SMILES string of the molecule is Cc1ccc(S(=O)(=O)N2C(=O)CC[C@H]2C(=O)Nc2cccc(F)c2)cc1C. The number of carbonyl (C=O) groups is 2. The Labute approximate surface area is 157 Å². The van der Waals surface area contributed by atoms with E-state index in [0.717, 1.165) is 17.2 Å². The highest BCUT2D eigenvalue weighted by molar-refractivity contribution is 7.89. The van der Waals surface area contributed by atoms with Crippen LogP contribution in [0.3, 0.4) is 0 Å². The van der Waals surface area contributed by atoms with E-state index in [1.54, 1.807) is 13.0 Å². The van der Waals surface area contributed by atoms with Gasteiger partial charge in [0, 0.05) is 12.1 Å². The number of nitrogens with one attached hydrogen (secondary N) is 1. The van der Waals surface area contributed by atoms with Gasteiger partial charge in [0.05, 0.1) is 4.90 Å². The van der Waals surface area contributed by atoms with Crippen molar-refractivity contribution in [1.29, 1.82) is 0 Å². The third-order valence-corrected chi connectivity index (χ3v) is 6.42. The summed E-state index contributed by atoms with van der Waals surface area (Å²) in [6.07, 6.45) is 0.0232. The third kappa shape index (κ3) is 3.71. The minimum absolute atomic E-state index is 0.0376. The zero-order valence-corrected chi connectivity index (χ0v) is 15.7. The minimum Gasteiger partial charge on any atom is -0.324 e. The number of hydrogen-bond donors (Lipinski definition) is 1. The van der Waals surface area contributed by atoms with Crippen LogP contribution in [-0.4, -0.2) is 30.6 Å². The molecule has 1 fully saturated rings. The Morgan fingerprint density at radius 1 is 1.15 bits per heavy atom. The number of hydrogen-bond acceptors (Lipinski definition) is 4. The van der Waals surface area contributed by atoms with Crippen LogP contribution >= 0.6 is 0 Å². The normalized spacial score (nSPS) is 17.2. The van der Waals surface area contributed by atoms with Crippen LogP contribution < -0.4 is 5.32 Å². The Morgan fingerprint density at radius 3 is 2.56 bits per heavy atom. The first-order chi connectivity index (χ1) is 12.7. The number of halogens is 1. The van der Waals surface area contributed by atoms with Crippen LogP contribution in [0.1, 0.15) is 24.0 Å². The molecule has 8 heteroatoms. The average molecular weight is 390 g/mol. The second-order valence-corrected chi connectivity index (χ2v) is 8.31. The molecule has 1 saturated heterocycles. The van der Waals surface area contributed by atoms with Crippen molar-refractivity contribution in [3.8, 4) is 0 Å². The highest BCUT2D eigenvalue weighted by atomic mass is 32.2. The Balaban J connectivity index is 1.91. The quantitative estimate of drug-likeness (QED) is 0.870. The molecule has 1 aliphatic heterocycles. The van der Waals surface area contributed by atoms with Gasteiger partial charge in [0.1, 0.15) is 11.9 Å². The summed E-state index contributed by atoms with van der Waals surface area (Å²) in [5.41, 5.74) is 1.88. The fourth-order valence-corrected chi connectivity index (χ4v) is 4.67. The fourth-order valence-electron chi connectivity index (χ4n) is 2.98. The zero-order chi connectivity index (χ0) is 19.8. The molecule has 27 heavy (non-hydrogen) atoms. The minimum atomic E-state index is -4.17. The van der Waals surface area contributed by atoms with Gasteiger partial charge in [-0.05, 0) is 61.7 Å². The Morgan fingerprint density at radius 2 is 1.89 bits per heavy atom. The monoisotopic (exact) mass is 390 g/mol. The fraction of sp³-hybridized carbons (Fsp3) is 0.263. The van der Waals surface area contributed by atoms with E-state index in [0.29, 0.717) is 4.31 Å². The number of rotatable bonds is 4. The van der Waals surface area contributed by atoms with Gasteiger partial charge in [0.2, 0.25) is 11.8 Å². The van der Waals surface area contributed by atoms with Crippen molar-refractivity contribution in [1.82, 2.24) is 4.31 Å². The van der Waals surface area contributed by atoms with Gasteiger partial charge in [0.25, 0.3) is 10.0 Å². The van der Waals surface area contributed by atoms with E-state index >= 15 is 0 Å².